The topological polar surface area (TPSA) is 52.7 Å². The summed E-state index contributed by atoms with van der Waals surface area (Å²) >= 11 is 0. The molecule has 0 bridgehead atoms. The Hall–Kier alpha value is -2.82. The Kier molecular flexibility index (Phi) is 3.69. The third-order valence-corrected chi connectivity index (χ3v) is 4.61. The molecule has 1 atom stereocenters. The van der Waals surface area contributed by atoms with Crippen molar-refractivity contribution in [3.63, 3.8) is 0 Å². The lowest BCUT2D eigenvalue weighted by Crippen LogP contribution is -2.44. The number of fused-ring (bicyclic) bond motifs is 2. The van der Waals surface area contributed by atoms with E-state index in [2.05, 4.69) is 10.2 Å². The summed E-state index contributed by atoms with van der Waals surface area (Å²) in [5.41, 5.74) is 2.27. The molecule has 2 amide bonds. The van der Waals surface area contributed by atoms with Crippen LogP contribution in [0.25, 0.3) is 0 Å². The second-order valence-electron chi connectivity index (χ2n) is 6.13. The minimum absolute atomic E-state index is 0.0601. The number of allylic oxidation sites excluding steroid dienone is 4. The molecule has 0 spiro atoms. The van der Waals surface area contributed by atoms with Gasteiger partial charge in [-0.05, 0) is 31.1 Å². The molecule has 1 aromatic rings. The Balaban J connectivity index is 1.70. The van der Waals surface area contributed by atoms with Gasteiger partial charge >= 0.3 is 6.03 Å². The zero-order chi connectivity index (χ0) is 16.5. The zero-order valence-corrected chi connectivity index (χ0v) is 13.3. The van der Waals surface area contributed by atoms with Gasteiger partial charge in [0.15, 0.2) is 5.78 Å². The van der Waals surface area contributed by atoms with Gasteiger partial charge in [-0.2, -0.15) is 0 Å². The Morgan fingerprint density at radius 2 is 1.96 bits per heavy atom. The summed E-state index contributed by atoms with van der Waals surface area (Å²) in [6, 6.07) is 9.09. The Bertz CT molecular complexity index is 764. The number of carbonyl (C=O) groups excluding carboxylic acids is 2. The number of ketones is 1. The maximum absolute atomic E-state index is 12.9. The summed E-state index contributed by atoms with van der Waals surface area (Å²) in [5, 5.41) is 2.92. The summed E-state index contributed by atoms with van der Waals surface area (Å²) in [6.07, 6.45) is 10.6. The Labute approximate surface area is 140 Å². The molecule has 3 aliphatic rings. The second-order valence-corrected chi connectivity index (χ2v) is 6.13. The average molecular weight is 321 g/mol. The molecule has 0 radical (unpaired) electrons. The van der Waals surface area contributed by atoms with E-state index in [1.807, 2.05) is 54.8 Å². The summed E-state index contributed by atoms with van der Waals surface area (Å²) < 4.78 is 0. The van der Waals surface area contributed by atoms with E-state index in [4.69, 9.17) is 0 Å². The highest BCUT2D eigenvalue weighted by atomic mass is 16.2. The van der Waals surface area contributed by atoms with Crippen LogP contribution in [0.3, 0.4) is 0 Å². The molecule has 1 N–H and O–H groups in total. The zero-order valence-electron chi connectivity index (χ0n) is 13.3. The van der Waals surface area contributed by atoms with E-state index in [-0.39, 0.29) is 18.0 Å². The summed E-state index contributed by atoms with van der Waals surface area (Å²) in [6.45, 7) is 0. The number of para-hydroxylation sites is 1. The number of benzene rings is 1. The fourth-order valence-corrected chi connectivity index (χ4v) is 3.56. The first kappa shape index (κ1) is 14.8. The summed E-state index contributed by atoms with van der Waals surface area (Å²) in [4.78, 5) is 29.2. The number of carbonyl (C=O) groups is 2. The van der Waals surface area contributed by atoms with E-state index in [1.54, 1.807) is 4.90 Å². The third-order valence-electron chi connectivity index (χ3n) is 4.61. The number of hydrogen-bond acceptors (Lipinski definition) is 3. The minimum atomic E-state index is -0.250. The van der Waals surface area contributed by atoms with Crippen molar-refractivity contribution in [3.05, 3.63) is 66.2 Å². The van der Waals surface area contributed by atoms with Crippen molar-refractivity contribution in [2.75, 3.05) is 5.32 Å². The highest BCUT2D eigenvalue weighted by Crippen LogP contribution is 2.39. The van der Waals surface area contributed by atoms with Gasteiger partial charge in [0.05, 0.1) is 0 Å². The molecule has 0 saturated carbocycles. The first-order valence-electron chi connectivity index (χ1n) is 8.29. The predicted octanol–water partition coefficient (Wildman–Crippen LogP) is 3.60. The molecule has 2 heterocycles. The van der Waals surface area contributed by atoms with Gasteiger partial charge in [0.1, 0.15) is 11.9 Å². The second kappa shape index (κ2) is 6.00. The maximum Gasteiger partial charge on any atom is 0.328 e. The highest BCUT2D eigenvalue weighted by molar-refractivity contribution is 6.03. The predicted molar refractivity (Wildman–Crippen MR) is 91.7 cm³/mol. The van der Waals surface area contributed by atoms with Crippen LogP contribution >= 0.6 is 0 Å². The molecule has 122 valence electrons. The van der Waals surface area contributed by atoms with Gasteiger partial charge in [-0.15, -0.1) is 0 Å². The number of nitrogens with zero attached hydrogens (tertiary/aromatic N) is 2. The van der Waals surface area contributed by atoms with E-state index in [0.717, 1.165) is 24.2 Å². The largest absolute Gasteiger partial charge is 0.328 e. The molecule has 5 heteroatoms. The molecule has 24 heavy (non-hydrogen) atoms. The molecular weight excluding hydrogens is 302 g/mol. The van der Waals surface area contributed by atoms with Crippen LogP contribution in [-0.2, 0) is 4.79 Å². The molecule has 0 fully saturated rings. The SMILES string of the molecule is O=C1CCCC2=C1N(C(=O)Nc1ccccc1)C1CC=CC=CN21. The van der Waals surface area contributed by atoms with Crippen molar-refractivity contribution in [1.29, 1.82) is 0 Å². The van der Waals surface area contributed by atoms with Crippen molar-refractivity contribution < 1.29 is 9.59 Å². The number of amides is 2. The molecular formula is C19H19N3O2. The normalized spacial score (nSPS) is 22.3. The van der Waals surface area contributed by atoms with E-state index in [9.17, 15) is 9.59 Å². The fraction of sp³-hybridized carbons (Fsp3) is 0.263. The smallest absolute Gasteiger partial charge is 0.328 e. The van der Waals surface area contributed by atoms with Crippen molar-refractivity contribution >= 4 is 17.5 Å². The Morgan fingerprint density at radius 1 is 1.12 bits per heavy atom. The van der Waals surface area contributed by atoms with Crippen molar-refractivity contribution in [1.82, 2.24) is 9.80 Å². The quantitative estimate of drug-likeness (QED) is 0.860. The molecule has 1 aliphatic carbocycles. The van der Waals surface area contributed by atoms with Gasteiger partial charge in [0.25, 0.3) is 0 Å². The van der Waals surface area contributed by atoms with Crippen LogP contribution in [0, 0.1) is 0 Å². The number of urea groups is 1. The van der Waals surface area contributed by atoms with E-state index >= 15 is 0 Å². The van der Waals surface area contributed by atoms with Gasteiger partial charge in [0, 0.05) is 30.4 Å². The van der Waals surface area contributed by atoms with Gasteiger partial charge < -0.3 is 10.2 Å². The molecule has 0 saturated heterocycles. The lowest BCUT2D eigenvalue weighted by molar-refractivity contribution is -0.117. The van der Waals surface area contributed by atoms with Crippen molar-refractivity contribution in [2.24, 2.45) is 0 Å². The minimum Gasteiger partial charge on any atom is -0.328 e. The lowest BCUT2D eigenvalue weighted by Gasteiger charge is -2.30. The van der Waals surface area contributed by atoms with Crippen LogP contribution in [0.4, 0.5) is 10.5 Å². The number of nitrogens with one attached hydrogen (secondary N) is 1. The molecule has 5 nitrogen and oxygen atoms in total. The van der Waals surface area contributed by atoms with E-state index in [0.29, 0.717) is 18.5 Å². The van der Waals surface area contributed by atoms with Gasteiger partial charge in [0.2, 0.25) is 0 Å². The first-order chi connectivity index (χ1) is 11.8. The number of Topliss-reactive ketones (excluding diaryl/α,β-unsaturated/α-hetero) is 1. The van der Waals surface area contributed by atoms with Crippen molar-refractivity contribution in [2.45, 2.75) is 31.8 Å². The number of hydrogen-bond donors (Lipinski definition) is 1. The molecule has 0 aromatic heterocycles. The molecule has 2 aliphatic heterocycles. The van der Waals surface area contributed by atoms with Crippen molar-refractivity contribution in [3.8, 4) is 0 Å². The van der Waals surface area contributed by atoms with Crippen LogP contribution in [0.2, 0.25) is 0 Å². The van der Waals surface area contributed by atoms with E-state index in [1.165, 1.54) is 0 Å². The Morgan fingerprint density at radius 3 is 2.79 bits per heavy atom. The summed E-state index contributed by atoms with van der Waals surface area (Å²) in [7, 11) is 0. The fourth-order valence-electron chi connectivity index (χ4n) is 3.56. The molecule has 4 rings (SSSR count). The van der Waals surface area contributed by atoms with Crippen LogP contribution in [0.15, 0.2) is 66.2 Å². The van der Waals surface area contributed by atoms with E-state index < -0.39 is 0 Å². The van der Waals surface area contributed by atoms with Gasteiger partial charge in [-0.25, -0.2) is 4.79 Å². The average Bonchev–Trinajstić information content (AvgIpc) is 2.74. The monoisotopic (exact) mass is 321 g/mol. The standard InChI is InChI=1S/C19H19N3O2/c23-16-11-7-10-15-18(16)22(17-12-5-2-6-13-21(15)17)19(24)20-14-8-3-1-4-9-14/h1-6,8-9,13,17H,7,10-12H2,(H,20,24). The van der Waals surface area contributed by atoms with Gasteiger partial charge in [-0.1, -0.05) is 30.4 Å². The summed E-state index contributed by atoms with van der Waals surface area (Å²) in [5.74, 6) is 0.0601. The molecule has 1 unspecified atom stereocenters. The maximum atomic E-state index is 12.9. The first-order valence-corrected chi connectivity index (χ1v) is 8.29. The number of rotatable bonds is 1. The molecule has 1 aromatic carbocycles. The van der Waals surface area contributed by atoms with Crippen LogP contribution in [0.5, 0.6) is 0 Å². The lowest BCUT2D eigenvalue weighted by atomic mass is 10.00. The van der Waals surface area contributed by atoms with Crippen LogP contribution < -0.4 is 5.32 Å². The van der Waals surface area contributed by atoms with Crippen LogP contribution in [-0.4, -0.2) is 27.8 Å². The number of anilines is 1. The van der Waals surface area contributed by atoms with Gasteiger partial charge in [-0.3, -0.25) is 9.69 Å². The van der Waals surface area contributed by atoms with Crippen LogP contribution in [0.1, 0.15) is 25.7 Å². The highest BCUT2D eigenvalue weighted by Gasteiger charge is 2.44. The third kappa shape index (κ3) is 2.42.